The molecule has 1 atom stereocenters. The minimum Gasteiger partial charge on any atom is -0.325 e. The van der Waals surface area contributed by atoms with Gasteiger partial charge in [-0.25, -0.2) is 9.97 Å². The molecular weight excluding hydrogens is 386 g/mol. The molecule has 0 spiro atoms. The van der Waals surface area contributed by atoms with E-state index in [1.807, 2.05) is 12.1 Å². The van der Waals surface area contributed by atoms with Crippen molar-refractivity contribution in [1.82, 2.24) is 9.97 Å². The molecule has 1 unspecified atom stereocenters. The lowest BCUT2D eigenvalue weighted by atomic mass is 9.89. The number of carbonyl (C=O) groups excluding carboxylic acids is 1. The lowest BCUT2D eigenvalue weighted by molar-refractivity contribution is -0.113. The highest BCUT2D eigenvalue weighted by Crippen LogP contribution is 2.40. The Morgan fingerprint density at radius 3 is 3.15 bits per heavy atom. The molecule has 1 aliphatic carbocycles. The summed E-state index contributed by atoms with van der Waals surface area (Å²) < 4.78 is 0. The van der Waals surface area contributed by atoms with Crippen LogP contribution in [0.4, 0.5) is 5.69 Å². The van der Waals surface area contributed by atoms with Crippen molar-refractivity contribution in [2.75, 3.05) is 11.1 Å². The van der Waals surface area contributed by atoms with Gasteiger partial charge in [0.05, 0.1) is 5.75 Å². The van der Waals surface area contributed by atoms with Crippen LogP contribution in [0.2, 0.25) is 5.02 Å². The van der Waals surface area contributed by atoms with E-state index in [2.05, 4.69) is 22.2 Å². The van der Waals surface area contributed by atoms with Crippen LogP contribution in [0.25, 0.3) is 10.2 Å². The number of thioether (sulfide) groups is 1. The highest BCUT2D eigenvalue weighted by Gasteiger charge is 2.23. The molecular formula is C19H18ClN3OS2. The van der Waals surface area contributed by atoms with Crippen LogP contribution in [0.3, 0.4) is 0 Å². The molecule has 0 fully saturated rings. The van der Waals surface area contributed by atoms with Crippen molar-refractivity contribution in [3.05, 3.63) is 46.1 Å². The van der Waals surface area contributed by atoms with Crippen LogP contribution in [0.1, 0.15) is 23.8 Å². The van der Waals surface area contributed by atoms with Crippen molar-refractivity contribution in [3.63, 3.8) is 0 Å². The monoisotopic (exact) mass is 403 g/mol. The number of hydrogen-bond donors (Lipinski definition) is 1. The number of anilines is 1. The van der Waals surface area contributed by atoms with E-state index < -0.39 is 0 Å². The quantitative estimate of drug-likeness (QED) is 0.480. The molecule has 0 saturated heterocycles. The van der Waals surface area contributed by atoms with E-state index in [1.165, 1.54) is 28.6 Å². The lowest BCUT2D eigenvalue weighted by Gasteiger charge is -2.18. The number of nitrogens with zero attached hydrogens (tertiary/aromatic N) is 2. The molecule has 4 nitrogen and oxygen atoms in total. The highest BCUT2D eigenvalue weighted by atomic mass is 35.5. The van der Waals surface area contributed by atoms with Crippen LogP contribution in [0.15, 0.2) is 35.6 Å². The molecule has 1 N–H and O–H groups in total. The molecule has 7 heteroatoms. The van der Waals surface area contributed by atoms with Crippen LogP contribution in [-0.2, 0) is 17.6 Å². The fourth-order valence-electron chi connectivity index (χ4n) is 3.25. The number of halogens is 1. The Bertz CT molecular complexity index is 973. The number of aromatic nitrogens is 2. The van der Waals surface area contributed by atoms with Crippen molar-refractivity contribution in [3.8, 4) is 0 Å². The minimum absolute atomic E-state index is 0.0678. The average molecular weight is 404 g/mol. The molecule has 3 aromatic rings. The lowest BCUT2D eigenvalue weighted by Crippen LogP contribution is -2.14. The summed E-state index contributed by atoms with van der Waals surface area (Å²) in [6.45, 7) is 2.30. The van der Waals surface area contributed by atoms with Crippen molar-refractivity contribution >= 4 is 56.5 Å². The molecule has 1 aliphatic rings. The summed E-state index contributed by atoms with van der Waals surface area (Å²) in [4.78, 5) is 23.7. The number of amides is 1. The van der Waals surface area contributed by atoms with Gasteiger partial charge in [-0.1, -0.05) is 36.4 Å². The smallest absolute Gasteiger partial charge is 0.234 e. The zero-order valence-electron chi connectivity index (χ0n) is 14.3. The van der Waals surface area contributed by atoms with E-state index in [0.29, 0.717) is 16.5 Å². The first kappa shape index (κ1) is 17.8. The van der Waals surface area contributed by atoms with Crippen LogP contribution in [0, 0.1) is 5.92 Å². The first-order chi connectivity index (χ1) is 12.6. The van der Waals surface area contributed by atoms with Gasteiger partial charge in [0, 0.05) is 21.0 Å². The SMILES string of the molecule is CC1CCc2c(sc3ncnc(SCC(=O)Nc4cccc(Cl)c4)c23)C1. The third-order valence-corrected chi connectivity index (χ3v) is 6.89. The Morgan fingerprint density at radius 1 is 1.42 bits per heavy atom. The average Bonchev–Trinajstić information content (AvgIpc) is 2.98. The number of hydrogen-bond acceptors (Lipinski definition) is 5. The van der Waals surface area contributed by atoms with Crippen LogP contribution in [-0.4, -0.2) is 21.6 Å². The molecule has 134 valence electrons. The predicted molar refractivity (Wildman–Crippen MR) is 109 cm³/mol. The van der Waals surface area contributed by atoms with Crippen LogP contribution in [0.5, 0.6) is 0 Å². The van der Waals surface area contributed by atoms with Gasteiger partial charge >= 0.3 is 0 Å². The Balaban J connectivity index is 1.51. The third kappa shape index (κ3) is 3.72. The van der Waals surface area contributed by atoms with E-state index in [1.54, 1.807) is 29.8 Å². The van der Waals surface area contributed by atoms with Crippen molar-refractivity contribution in [2.45, 2.75) is 31.2 Å². The second-order valence-electron chi connectivity index (χ2n) is 6.56. The summed E-state index contributed by atoms with van der Waals surface area (Å²) in [5.41, 5.74) is 2.10. The summed E-state index contributed by atoms with van der Waals surface area (Å²) in [6, 6.07) is 7.17. The highest BCUT2D eigenvalue weighted by molar-refractivity contribution is 8.00. The number of fused-ring (bicyclic) bond motifs is 3. The maximum absolute atomic E-state index is 12.3. The molecule has 0 saturated carbocycles. The van der Waals surface area contributed by atoms with Gasteiger partial charge in [-0.05, 0) is 48.9 Å². The number of nitrogens with one attached hydrogen (secondary N) is 1. The maximum atomic E-state index is 12.3. The number of rotatable bonds is 4. The molecule has 0 aliphatic heterocycles. The van der Waals surface area contributed by atoms with E-state index in [-0.39, 0.29) is 5.91 Å². The second kappa shape index (κ2) is 7.55. The molecule has 2 heterocycles. The van der Waals surface area contributed by atoms with Gasteiger partial charge in [-0.15, -0.1) is 11.3 Å². The normalized spacial score (nSPS) is 16.5. The zero-order chi connectivity index (χ0) is 18.1. The number of benzene rings is 1. The van der Waals surface area contributed by atoms with E-state index in [0.717, 1.165) is 34.0 Å². The Labute approximate surface area is 165 Å². The maximum Gasteiger partial charge on any atom is 0.234 e. The van der Waals surface area contributed by atoms with Crippen LogP contribution < -0.4 is 5.32 Å². The van der Waals surface area contributed by atoms with Gasteiger partial charge in [0.25, 0.3) is 0 Å². The molecule has 0 radical (unpaired) electrons. The summed E-state index contributed by atoms with van der Waals surface area (Å²) >= 11 is 9.21. The van der Waals surface area contributed by atoms with Crippen molar-refractivity contribution in [2.24, 2.45) is 5.92 Å². The second-order valence-corrected chi connectivity index (χ2v) is 9.04. The standard InChI is InChI=1S/C19H18ClN3OS2/c1-11-5-6-14-15(7-11)26-19-17(14)18(21-10-22-19)25-9-16(24)23-13-4-2-3-12(20)8-13/h2-4,8,10-11H,5-7,9H2,1H3,(H,23,24). The summed E-state index contributed by atoms with van der Waals surface area (Å²) in [5, 5.41) is 5.54. The first-order valence-corrected chi connectivity index (χ1v) is 10.7. The number of thiophene rings is 1. The summed E-state index contributed by atoms with van der Waals surface area (Å²) in [6.07, 6.45) is 5.00. The predicted octanol–water partition coefficient (Wildman–Crippen LogP) is 5.20. The fourth-order valence-corrected chi connectivity index (χ4v) is 5.68. The minimum atomic E-state index is -0.0678. The Kier molecular flexibility index (Phi) is 5.16. The first-order valence-electron chi connectivity index (χ1n) is 8.53. The molecule has 1 amide bonds. The van der Waals surface area contributed by atoms with Gasteiger partial charge in [-0.2, -0.15) is 0 Å². The summed E-state index contributed by atoms with van der Waals surface area (Å²) in [7, 11) is 0. The molecule has 26 heavy (non-hydrogen) atoms. The van der Waals surface area contributed by atoms with E-state index >= 15 is 0 Å². The van der Waals surface area contributed by atoms with Crippen molar-refractivity contribution < 1.29 is 4.79 Å². The van der Waals surface area contributed by atoms with Gasteiger partial charge in [0.15, 0.2) is 0 Å². The Morgan fingerprint density at radius 2 is 2.31 bits per heavy atom. The zero-order valence-corrected chi connectivity index (χ0v) is 16.7. The fraction of sp³-hybridized carbons (Fsp3) is 0.316. The van der Waals surface area contributed by atoms with E-state index in [4.69, 9.17) is 11.6 Å². The van der Waals surface area contributed by atoms with Gasteiger partial charge in [0.2, 0.25) is 5.91 Å². The van der Waals surface area contributed by atoms with E-state index in [9.17, 15) is 4.79 Å². The number of carbonyl (C=O) groups is 1. The summed E-state index contributed by atoms with van der Waals surface area (Å²) in [5.74, 6) is 0.962. The molecule has 2 aromatic heterocycles. The van der Waals surface area contributed by atoms with Crippen LogP contribution >= 0.6 is 34.7 Å². The molecule has 1 aromatic carbocycles. The van der Waals surface area contributed by atoms with Crippen molar-refractivity contribution in [1.29, 1.82) is 0 Å². The largest absolute Gasteiger partial charge is 0.325 e. The van der Waals surface area contributed by atoms with Gasteiger partial charge < -0.3 is 5.32 Å². The van der Waals surface area contributed by atoms with Gasteiger partial charge in [0.1, 0.15) is 16.2 Å². The Hall–Kier alpha value is -1.63. The van der Waals surface area contributed by atoms with Gasteiger partial charge in [-0.3, -0.25) is 4.79 Å². The topological polar surface area (TPSA) is 54.9 Å². The molecule has 0 bridgehead atoms. The number of aryl methyl sites for hydroxylation is 1. The third-order valence-electron chi connectivity index (χ3n) is 4.51. The molecule has 4 rings (SSSR count).